The standard InChI is InChI=1S/C20H19F3N4O2/c1-11-6-12(2)8-13(7-11)24-19(28)15-10-18-25-14(16-4-3-5-29-16)9-17(20(21,22)23)27(18)26-15/h3-8,10,14,17,25H,9H2,1-2H3,(H,24,28)/t14-,17-/m1/s1. The van der Waals surface area contributed by atoms with Crippen LogP contribution in [-0.2, 0) is 0 Å². The lowest BCUT2D eigenvalue weighted by molar-refractivity contribution is -0.174. The van der Waals surface area contributed by atoms with Crippen LogP contribution in [0.4, 0.5) is 24.7 Å². The number of hydrogen-bond acceptors (Lipinski definition) is 4. The molecule has 0 saturated carbocycles. The average Bonchev–Trinajstić information content (AvgIpc) is 3.28. The molecule has 9 heteroatoms. The van der Waals surface area contributed by atoms with Crippen molar-refractivity contribution < 1.29 is 22.4 Å². The molecule has 152 valence electrons. The maximum Gasteiger partial charge on any atom is 0.410 e. The van der Waals surface area contributed by atoms with Gasteiger partial charge in [0.05, 0.1) is 12.3 Å². The molecule has 1 aliphatic heterocycles. The molecule has 3 aromatic rings. The van der Waals surface area contributed by atoms with Gasteiger partial charge in [-0.15, -0.1) is 0 Å². The number of rotatable bonds is 3. The molecule has 1 amide bonds. The number of aryl methyl sites for hydroxylation is 2. The maximum absolute atomic E-state index is 13.7. The molecule has 3 heterocycles. The van der Waals surface area contributed by atoms with Gasteiger partial charge in [0.25, 0.3) is 5.91 Å². The van der Waals surface area contributed by atoms with Crippen LogP contribution in [0.15, 0.2) is 47.1 Å². The molecule has 1 aromatic carbocycles. The van der Waals surface area contributed by atoms with Crippen LogP contribution in [0.5, 0.6) is 0 Å². The van der Waals surface area contributed by atoms with Gasteiger partial charge in [0.15, 0.2) is 11.7 Å². The predicted molar refractivity (Wildman–Crippen MR) is 101 cm³/mol. The van der Waals surface area contributed by atoms with Crippen molar-refractivity contribution in [2.45, 2.75) is 38.5 Å². The predicted octanol–water partition coefficient (Wildman–Crippen LogP) is 5.01. The number of carbonyl (C=O) groups excluding carboxylic acids is 1. The van der Waals surface area contributed by atoms with E-state index in [4.69, 9.17) is 4.42 Å². The van der Waals surface area contributed by atoms with E-state index in [2.05, 4.69) is 15.7 Å². The lowest BCUT2D eigenvalue weighted by Gasteiger charge is -2.32. The van der Waals surface area contributed by atoms with Gasteiger partial charge in [-0.25, -0.2) is 4.68 Å². The second kappa shape index (κ2) is 6.98. The van der Waals surface area contributed by atoms with Crippen molar-refractivity contribution in [1.29, 1.82) is 0 Å². The Hall–Kier alpha value is -3.23. The number of hydrogen-bond donors (Lipinski definition) is 2. The Kier molecular flexibility index (Phi) is 4.60. The average molecular weight is 404 g/mol. The molecule has 4 rings (SSSR count). The summed E-state index contributed by atoms with van der Waals surface area (Å²) >= 11 is 0. The van der Waals surface area contributed by atoms with Crippen LogP contribution in [0.3, 0.4) is 0 Å². The number of fused-ring (bicyclic) bond motifs is 1. The summed E-state index contributed by atoms with van der Waals surface area (Å²) in [5.74, 6) is -0.0624. The summed E-state index contributed by atoms with van der Waals surface area (Å²) in [7, 11) is 0. The Morgan fingerprint density at radius 2 is 1.97 bits per heavy atom. The molecular weight excluding hydrogens is 385 g/mol. The number of nitrogens with zero attached hydrogens (tertiary/aromatic N) is 2. The fraction of sp³-hybridized carbons (Fsp3) is 0.300. The van der Waals surface area contributed by atoms with Crippen LogP contribution in [0.2, 0.25) is 0 Å². The minimum absolute atomic E-state index is 0.0963. The van der Waals surface area contributed by atoms with E-state index in [0.29, 0.717) is 11.4 Å². The summed E-state index contributed by atoms with van der Waals surface area (Å²) in [6, 6.07) is 7.55. The second-order valence-electron chi connectivity index (χ2n) is 7.20. The molecule has 6 nitrogen and oxygen atoms in total. The van der Waals surface area contributed by atoms with E-state index in [0.717, 1.165) is 15.8 Å². The first-order chi connectivity index (χ1) is 13.7. The Morgan fingerprint density at radius 3 is 2.59 bits per heavy atom. The van der Waals surface area contributed by atoms with E-state index in [-0.39, 0.29) is 17.9 Å². The highest BCUT2D eigenvalue weighted by atomic mass is 19.4. The molecule has 2 atom stereocenters. The van der Waals surface area contributed by atoms with Crippen LogP contribution in [-0.4, -0.2) is 21.9 Å². The Balaban J connectivity index is 1.64. The first-order valence-corrected chi connectivity index (χ1v) is 9.06. The number of benzene rings is 1. The maximum atomic E-state index is 13.7. The first-order valence-electron chi connectivity index (χ1n) is 9.06. The van der Waals surface area contributed by atoms with E-state index in [9.17, 15) is 18.0 Å². The van der Waals surface area contributed by atoms with E-state index in [1.54, 1.807) is 24.3 Å². The molecule has 0 spiro atoms. The molecule has 0 unspecified atom stereocenters. The highest BCUT2D eigenvalue weighted by Crippen LogP contribution is 2.43. The van der Waals surface area contributed by atoms with Crippen molar-refractivity contribution in [2.24, 2.45) is 0 Å². The molecule has 0 saturated heterocycles. The minimum atomic E-state index is -4.52. The molecule has 0 bridgehead atoms. The van der Waals surface area contributed by atoms with Crippen molar-refractivity contribution >= 4 is 17.4 Å². The van der Waals surface area contributed by atoms with Crippen LogP contribution >= 0.6 is 0 Å². The zero-order chi connectivity index (χ0) is 20.8. The van der Waals surface area contributed by atoms with Gasteiger partial charge in [-0.05, 0) is 49.2 Å². The number of amides is 1. The fourth-order valence-electron chi connectivity index (χ4n) is 3.60. The third kappa shape index (κ3) is 3.85. The van der Waals surface area contributed by atoms with Gasteiger partial charge in [-0.1, -0.05) is 6.07 Å². The van der Waals surface area contributed by atoms with E-state index >= 15 is 0 Å². The normalized spacial score (nSPS) is 18.8. The zero-order valence-corrected chi connectivity index (χ0v) is 15.7. The van der Waals surface area contributed by atoms with Crippen molar-refractivity contribution in [3.8, 4) is 0 Å². The number of aromatic nitrogens is 2. The molecule has 0 aliphatic carbocycles. The number of nitrogens with one attached hydrogen (secondary N) is 2. The summed E-state index contributed by atoms with van der Waals surface area (Å²) in [6.45, 7) is 3.79. The fourth-order valence-corrected chi connectivity index (χ4v) is 3.60. The highest BCUT2D eigenvalue weighted by molar-refractivity contribution is 6.03. The van der Waals surface area contributed by atoms with Crippen molar-refractivity contribution in [1.82, 2.24) is 9.78 Å². The number of anilines is 2. The van der Waals surface area contributed by atoms with Gasteiger partial charge >= 0.3 is 6.18 Å². The summed E-state index contributed by atoms with van der Waals surface area (Å²) in [4.78, 5) is 12.6. The van der Waals surface area contributed by atoms with Crippen molar-refractivity contribution in [2.75, 3.05) is 10.6 Å². The van der Waals surface area contributed by atoms with Crippen molar-refractivity contribution in [3.63, 3.8) is 0 Å². The van der Waals surface area contributed by atoms with Gasteiger partial charge in [-0.2, -0.15) is 18.3 Å². The molecule has 2 aromatic heterocycles. The largest absolute Gasteiger partial charge is 0.467 e. The zero-order valence-electron chi connectivity index (χ0n) is 15.7. The van der Waals surface area contributed by atoms with E-state index < -0.39 is 24.2 Å². The van der Waals surface area contributed by atoms with Crippen LogP contribution in [0, 0.1) is 13.8 Å². The third-order valence-corrected chi connectivity index (χ3v) is 4.79. The summed E-state index contributed by atoms with van der Waals surface area (Å²) in [5, 5.41) is 9.63. The number of halogens is 3. The number of furan rings is 1. The highest BCUT2D eigenvalue weighted by Gasteiger charge is 2.47. The SMILES string of the molecule is Cc1cc(C)cc(NC(=O)c2cc3n(n2)[C@@H](C(F)(F)F)C[C@H](c2ccco2)N3)c1. The van der Waals surface area contributed by atoms with Gasteiger partial charge in [-0.3, -0.25) is 4.79 Å². The van der Waals surface area contributed by atoms with Crippen LogP contribution < -0.4 is 10.6 Å². The molecule has 2 N–H and O–H groups in total. The smallest absolute Gasteiger partial charge is 0.410 e. The quantitative estimate of drug-likeness (QED) is 0.644. The molecule has 0 fully saturated rings. The van der Waals surface area contributed by atoms with Crippen LogP contribution in [0.1, 0.15) is 45.9 Å². The Bertz CT molecular complexity index is 1020. The number of carbonyl (C=O) groups is 1. The minimum Gasteiger partial charge on any atom is -0.467 e. The van der Waals surface area contributed by atoms with Crippen molar-refractivity contribution in [3.05, 3.63) is 65.2 Å². The lowest BCUT2D eigenvalue weighted by Crippen LogP contribution is -2.35. The van der Waals surface area contributed by atoms with Gasteiger partial charge < -0.3 is 15.1 Å². The molecule has 0 radical (unpaired) electrons. The molecular formula is C20H19F3N4O2. The summed E-state index contributed by atoms with van der Waals surface area (Å²) in [5.41, 5.74) is 2.39. The number of alkyl halides is 3. The topological polar surface area (TPSA) is 72.1 Å². The van der Waals surface area contributed by atoms with Gasteiger partial charge in [0.2, 0.25) is 0 Å². The Morgan fingerprint density at radius 1 is 1.24 bits per heavy atom. The van der Waals surface area contributed by atoms with Gasteiger partial charge in [0, 0.05) is 18.2 Å². The molecule has 29 heavy (non-hydrogen) atoms. The summed E-state index contributed by atoms with van der Waals surface area (Å²) < 4.78 is 47.1. The van der Waals surface area contributed by atoms with E-state index in [1.807, 2.05) is 19.9 Å². The van der Waals surface area contributed by atoms with Gasteiger partial charge in [0.1, 0.15) is 11.6 Å². The Labute approximate surface area is 164 Å². The summed E-state index contributed by atoms with van der Waals surface area (Å²) in [6.07, 6.45) is -3.40. The van der Waals surface area contributed by atoms with E-state index in [1.165, 1.54) is 12.3 Å². The second-order valence-corrected chi connectivity index (χ2v) is 7.20. The lowest BCUT2D eigenvalue weighted by atomic mass is 10.0. The molecule has 1 aliphatic rings. The monoisotopic (exact) mass is 404 g/mol. The first kappa shape index (κ1) is 19.1. The van der Waals surface area contributed by atoms with Crippen LogP contribution in [0.25, 0.3) is 0 Å². The third-order valence-electron chi connectivity index (χ3n) is 4.79.